The van der Waals surface area contributed by atoms with Crippen LogP contribution < -0.4 is 10.5 Å². The molecule has 0 atom stereocenters. The molecule has 2 aromatic rings. The predicted molar refractivity (Wildman–Crippen MR) is 59.3 cm³/mol. The summed E-state index contributed by atoms with van der Waals surface area (Å²) in [5.41, 5.74) is 7.76. The second-order valence-corrected chi connectivity index (χ2v) is 3.33. The Labute approximate surface area is 88.3 Å². The van der Waals surface area contributed by atoms with Crippen molar-refractivity contribution in [2.75, 3.05) is 12.8 Å². The van der Waals surface area contributed by atoms with Gasteiger partial charge in [0, 0.05) is 11.6 Å². The number of hydrogen-bond donors (Lipinski definition) is 1. The first-order valence-electron chi connectivity index (χ1n) is 4.67. The molecule has 0 aliphatic rings. The van der Waals surface area contributed by atoms with Crippen molar-refractivity contribution in [2.24, 2.45) is 0 Å². The number of nitrogens with zero attached hydrogens (tertiary/aromatic N) is 2. The number of anilines is 1. The van der Waals surface area contributed by atoms with Crippen molar-refractivity contribution in [2.45, 2.75) is 6.92 Å². The van der Waals surface area contributed by atoms with Gasteiger partial charge in [0.15, 0.2) is 0 Å². The maximum atomic E-state index is 5.89. The van der Waals surface area contributed by atoms with Crippen LogP contribution in [0.2, 0.25) is 0 Å². The molecule has 0 amide bonds. The van der Waals surface area contributed by atoms with Crippen LogP contribution in [0.3, 0.4) is 0 Å². The van der Waals surface area contributed by atoms with Crippen molar-refractivity contribution in [3.63, 3.8) is 0 Å². The molecule has 0 saturated carbocycles. The Morgan fingerprint density at radius 3 is 2.80 bits per heavy atom. The molecule has 0 saturated heterocycles. The highest BCUT2D eigenvalue weighted by molar-refractivity contribution is 5.48. The fraction of sp³-hybridized carbons (Fsp3) is 0.182. The van der Waals surface area contributed by atoms with Crippen molar-refractivity contribution < 1.29 is 4.74 Å². The van der Waals surface area contributed by atoms with Crippen LogP contribution in [0.25, 0.3) is 5.69 Å². The Morgan fingerprint density at radius 2 is 2.20 bits per heavy atom. The summed E-state index contributed by atoms with van der Waals surface area (Å²) in [5, 5.41) is 4.20. The average Bonchev–Trinajstić information content (AvgIpc) is 2.60. The summed E-state index contributed by atoms with van der Waals surface area (Å²) in [6.07, 6.45) is 1.74. The van der Waals surface area contributed by atoms with Gasteiger partial charge in [-0.2, -0.15) is 5.10 Å². The number of ether oxygens (including phenoxy) is 1. The van der Waals surface area contributed by atoms with Crippen molar-refractivity contribution in [3.05, 3.63) is 36.0 Å². The van der Waals surface area contributed by atoms with E-state index in [1.54, 1.807) is 18.0 Å². The summed E-state index contributed by atoms with van der Waals surface area (Å²) >= 11 is 0. The second-order valence-electron chi connectivity index (χ2n) is 3.33. The molecule has 2 N–H and O–H groups in total. The molecular formula is C11H13N3O. The summed E-state index contributed by atoms with van der Waals surface area (Å²) < 4.78 is 6.83. The first-order chi connectivity index (χ1) is 7.22. The summed E-state index contributed by atoms with van der Waals surface area (Å²) in [6, 6.07) is 7.62. The van der Waals surface area contributed by atoms with Crippen LogP contribution in [0.15, 0.2) is 30.5 Å². The van der Waals surface area contributed by atoms with E-state index in [0.29, 0.717) is 5.82 Å². The van der Waals surface area contributed by atoms with Crippen molar-refractivity contribution in [1.29, 1.82) is 0 Å². The number of aryl methyl sites for hydroxylation is 1. The minimum absolute atomic E-state index is 0.656. The lowest BCUT2D eigenvalue weighted by Gasteiger charge is -2.06. The van der Waals surface area contributed by atoms with Gasteiger partial charge in [-0.05, 0) is 19.1 Å². The van der Waals surface area contributed by atoms with E-state index in [4.69, 9.17) is 10.5 Å². The first kappa shape index (κ1) is 9.58. The SMILES string of the molecule is COc1cccc(-n2ncc(C)c2N)c1. The molecule has 4 nitrogen and oxygen atoms in total. The summed E-state index contributed by atoms with van der Waals surface area (Å²) in [5.74, 6) is 1.45. The van der Waals surface area contributed by atoms with Crippen molar-refractivity contribution in [1.82, 2.24) is 9.78 Å². The molecule has 0 unspecified atom stereocenters. The number of hydrogen-bond acceptors (Lipinski definition) is 3. The van der Waals surface area contributed by atoms with E-state index in [-0.39, 0.29) is 0 Å². The molecule has 1 aromatic heterocycles. The second kappa shape index (κ2) is 3.65. The number of rotatable bonds is 2. The largest absolute Gasteiger partial charge is 0.497 e. The Bertz CT molecular complexity index is 476. The van der Waals surface area contributed by atoms with E-state index in [0.717, 1.165) is 17.0 Å². The van der Waals surface area contributed by atoms with E-state index in [1.807, 2.05) is 31.2 Å². The first-order valence-corrected chi connectivity index (χ1v) is 4.67. The van der Waals surface area contributed by atoms with Gasteiger partial charge in [0.05, 0.1) is 19.0 Å². The molecule has 4 heteroatoms. The molecule has 78 valence electrons. The van der Waals surface area contributed by atoms with Crippen LogP contribution in [-0.2, 0) is 0 Å². The van der Waals surface area contributed by atoms with Crippen LogP contribution in [0.4, 0.5) is 5.82 Å². The molecule has 0 fully saturated rings. The Morgan fingerprint density at radius 1 is 1.40 bits per heavy atom. The molecule has 15 heavy (non-hydrogen) atoms. The quantitative estimate of drug-likeness (QED) is 0.809. The minimum atomic E-state index is 0.656. The lowest BCUT2D eigenvalue weighted by molar-refractivity contribution is 0.414. The van der Waals surface area contributed by atoms with Crippen LogP contribution in [0.1, 0.15) is 5.56 Å². The van der Waals surface area contributed by atoms with E-state index >= 15 is 0 Å². The summed E-state index contributed by atoms with van der Waals surface area (Å²) in [6.45, 7) is 1.93. The van der Waals surface area contributed by atoms with Crippen LogP contribution >= 0.6 is 0 Å². The molecule has 1 aromatic carbocycles. The molecule has 0 bridgehead atoms. The van der Waals surface area contributed by atoms with Crippen LogP contribution in [-0.4, -0.2) is 16.9 Å². The van der Waals surface area contributed by atoms with Crippen LogP contribution in [0, 0.1) is 6.92 Å². The van der Waals surface area contributed by atoms with E-state index in [2.05, 4.69) is 5.10 Å². The summed E-state index contributed by atoms with van der Waals surface area (Å²) in [4.78, 5) is 0. The normalized spacial score (nSPS) is 10.3. The van der Waals surface area contributed by atoms with Gasteiger partial charge in [0.2, 0.25) is 0 Å². The lowest BCUT2D eigenvalue weighted by Crippen LogP contribution is -2.02. The minimum Gasteiger partial charge on any atom is -0.497 e. The predicted octanol–water partition coefficient (Wildman–Crippen LogP) is 1.77. The number of nitrogen functional groups attached to an aromatic ring is 1. The topological polar surface area (TPSA) is 53.1 Å². The van der Waals surface area contributed by atoms with Gasteiger partial charge in [-0.15, -0.1) is 0 Å². The smallest absolute Gasteiger partial charge is 0.130 e. The number of methoxy groups -OCH3 is 1. The molecule has 0 spiro atoms. The van der Waals surface area contributed by atoms with Gasteiger partial charge < -0.3 is 10.5 Å². The third kappa shape index (κ3) is 1.66. The molecule has 0 radical (unpaired) electrons. The molecule has 0 aliphatic heterocycles. The summed E-state index contributed by atoms with van der Waals surface area (Å²) in [7, 11) is 1.64. The third-order valence-corrected chi connectivity index (χ3v) is 2.30. The van der Waals surface area contributed by atoms with E-state index in [9.17, 15) is 0 Å². The average molecular weight is 203 g/mol. The van der Waals surface area contributed by atoms with E-state index < -0.39 is 0 Å². The number of aromatic nitrogens is 2. The van der Waals surface area contributed by atoms with Gasteiger partial charge >= 0.3 is 0 Å². The highest BCUT2D eigenvalue weighted by Gasteiger charge is 2.05. The zero-order valence-corrected chi connectivity index (χ0v) is 8.77. The number of benzene rings is 1. The van der Waals surface area contributed by atoms with E-state index in [1.165, 1.54) is 0 Å². The third-order valence-electron chi connectivity index (χ3n) is 2.30. The molecule has 0 aliphatic carbocycles. The molecule has 1 heterocycles. The monoisotopic (exact) mass is 203 g/mol. The fourth-order valence-corrected chi connectivity index (χ4v) is 1.39. The Hall–Kier alpha value is -1.97. The standard InChI is InChI=1S/C11H13N3O/c1-8-7-13-14(11(8)12)9-4-3-5-10(6-9)15-2/h3-7H,12H2,1-2H3. The van der Waals surface area contributed by atoms with Gasteiger partial charge in [0.25, 0.3) is 0 Å². The van der Waals surface area contributed by atoms with Gasteiger partial charge in [-0.25, -0.2) is 4.68 Å². The molecule has 2 rings (SSSR count). The Kier molecular flexibility index (Phi) is 2.33. The van der Waals surface area contributed by atoms with Gasteiger partial charge in [-0.1, -0.05) is 6.07 Å². The zero-order valence-electron chi connectivity index (χ0n) is 8.77. The number of nitrogens with two attached hydrogens (primary N) is 1. The Balaban J connectivity index is 2.49. The molecular weight excluding hydrogens is 190 g/mol. The fourth-order valence-electron chi connectivity index (χ4n) is 1.39. The zero-order chi connectivity index (χ0) is 10.8. The maximum Gasteiger partial charge on any atom is 0.130 e. The van der Waals surface area contributed by atoms with Gasteiger partial charge in [0.1, 0.15) is 11.6 Å². The van der Waals surface area contributed by atoms with Crippen LogP contribution in [0.5, 0.6) is 5.75 Å². The van der Waals surface area contributed by atoms with Crippen molar-refractivity contribution >= 4 is 5.82 Å². The highest BCUT2D eigenvalue weighted by Crippen LogP contribution is 2.19. The maximum absolute atomic E-state index is 5.89. The van der Waals surface area contributed by atoms with Gasteiger partial charge in [-0.3, -0.25) is 0 Å². The van der Waals surface area contributed by atoms with Crippen molar-refractivity contribution in [3.8, 4) is 11.4 Å². The lowest BCUT2D eigenvalue weighted by atomic mass is 10.3. The highest BCUT2D eigenvalue weighted by atomic mass is 16.5.